The van der Waals surface area contributed by atoms with Crippen molar-refractivity contribution in [2.75, 3.05) is 13.6 Å². The molecule has 13 heavy (non-hydrogen) atoms. The molecule has 1 aromatic heterocycles. The first-order chi connectivity index (χ1) is 6.29. The second-order valence-electron chi connectivity index (χ2n) is 3.87. The second kappa shape index (κ2) is 3.46. The highest BCUT2D eigenvalue weighted by atomic mass is 15.1. The first-order valence-electron chi connectivity index (χ1n) is 4.90. The number of rotatable bonds is 1. The first kappa shape index (κ1) is 8.70. The molecule has 2 heteroatoms. The molecule has 0 saturated carbocycles. The van der Waals surface area contributed by atoms with Gasteiger partial charge < -0.3 is 0 Å². The summed E-state index contributed by atoms with van der Waals surface area (Å²) in [5, 5.41) is 0. The molecule has 0 bridgehead atoms. The Morgan fingerprint density at radius 1 is 1.54 bits per heavy atom. The zero-order valence-electron chi connectivity index (χ0n) is 8.33. The lowest BCUT2D eigenvalue weighted by Crippen LogP contribution is -2.18. The number of aromatic nitrogens is 1. The first-order valence-corrected chi connectivity index (χ1v) is 4.90. The standard InChI is InChI=1S/C11H16N2/c1-9-5-6-12-8-10(9)11-4-3-7-13(11)2/h5-6,8,11H,3-4,7H2,1-2H3/t11-/m0/s1. The predicted molar refractivity (Wildman–Crippen MR) is 53.6 cm³/mol. The van der Waals surface area contributed by atoms with Crippen LogP contribution in [0, 0.1) is 6.92 Å². The number of aryl methyl sites for hydroxylation is 1. The van der Waals surface area contributed by atoms with Crippen LogP contribution in [0.1, 0.15) is 30.0 Å². The van der Waals surface area contributed by atoms with Crippen LogP contribution >= 0.6 is 0 Å². The number of likely N-dealkylation sites (tertiary alicyclic amines) is 1. The number of hydrogen-bond acceptors (Lipinski definition) is 2. The van der Waals surface area contributed by atoms with Gasteiger partial charge >= 0.3 is 0 Å². The Bertz CT molecular complexity index is 296. The molecule has 1 aromatic rings. The van der Waals surface area contributed by atoms with Gasteiger partial charge in [0, 0.05) is 18.4 Å². The van der Waals surface area contributed by atoms with Crippen LogP contribution in [-0.4, -0.2) is 23.5 Å². The average molecular weight is 176 g/mol. The molecular weight excluding hydrogens is 160 g/mol. The third-order valence-electron chi connectivity index (χ3n) is 2.96. The fourth-order valence-electron chi connectivity index (χ4n) is 2.13. The van der Waals surface area contributed by atoms with Gasteiger partial charge in [-0.1, -0.05) is 0 Å². The zero-order chi connectivity index (χ0) is 9.26. The van der Waals surface area contributed by atoms with E-state index in [1.807, 2.05) is 12.4 Å². The minimum absolute atomic E-state index is 0.605. The van der Waals surface area contributed by atoms with Crippen LogP contribution in [0.2, 0.25) is 0 Å². The fraction of sp³-hybridized carbons (Fsp3) is 0.545. The Labute approximate surface area is 79.6 Å². The van der Waals surface area contributed by atoms with Crippen molar-refractivity contribution >= 4 is 0 Å². The summed E-state index contributed by atoms with van der Waals surface area (Å²) in [7, 11) is 2.20. The highest BCUT2D eigenvalue weighted by Gasteiger charge is 2.23. The van der Waals surface area contributed by atoms with Crippen LogP contribution in [-0.2, 0) is 0 Å². The van der Waals surface area contributed by atoms with Crippen molar-refractivity contribution in [1.29, 1.82) is 0 Å². The summed E-state index contributed by atoms with van der Waals surface area (Å²) in [6.07, 6.45) is 6.48. The minimum Gasteiger partial charge on any atom is -0.299 e. The molecule has 0 amide bonds. The van der Waals surface area contributed by atoms with Crippen LogP contribution < -0.4 is 0 Å². The molecule has 70 valence electrons. The van der Waals surface area contributed by atoms with Gasteiger partial charge in [-0.25, -0.2) is 0 Å². The molecule has 0 N–H and O–H groups in total. The highest BCUT2D eigenvalue weighted by Crippen LogP contribution is 2.31. The molecule has 2 heterocycles. The third kappa shape index (κ3) is 1.59. The topological polar surface area (TPSA) is 16.1 Å². The minimum atomic E-state index is 0.605. The maximum Gasteiger partial charge on any atom is 0.0363 e. The van der Waals surface area contributed by atoms with Gasteiger partial charge in [-0.3, -0.25) is 9.88 Å². The normalized spacial score (nSPS) is 23.7. The Hall–Kier alpha value is -0.890. The molecule has 0 radical (unpaired) electrons. The molecular formula is C11H16N2. The van der Waals surface area contributed by atoms with E-state index in [9.17, 15) is 0 Å². The molecule has 0 aliphatic carbocycles. The lowest BCUT2D eigenvalue weighted by atomic mass is 10.0. The van der Waals surface area contributed by atoms with Gasteiger partial charge in [0.25, 0.3) is 0 Å². The molecule has 1 aliphatic rings. The molecule has 0 spiro atoms. The highest BCUT2D eigenvalue weighted by molar-refractivity contribution is 5.25. The Balaban J connectivity index is 2.29. The summed E-state index contributed by atoms with van der Waals surface area (Å²) in [5.41, 5.74) is 2.77. The van der Waals surface area contributed by atoms with Crippen LogP contribution in [0.4, 0.5) is 0 Å². The van der Waals surface area contributed by atoms with Crippen molar-refractivity contribution in [2.24, 2.45) is 0 Å². The lowest BCUT2D eigenvalue weighted by Gasteiger charge is -2.20. The molecule has 2 nitrogen and oxygen atoms in total. The second-order valence-corrected chi connectivity index (χ2v) is 3.87. The van der Waals surface area contributed by atoms with E-state index in [4.69, 9.17) is 0 Å². The van der Waals surface area contributed by atoms with Crippen molar-refractivity contribution in [3.8, 4) is 0 Å². The van der Waals surface area contributed by atoms with E-state index in [1.54, 1.807) is 0 Å². The van der Waals surface area contributed by atoms with Crippen molar-refractivity contribution < 1.29 is 0 Å². The number of nitrogens with zero attached hydrogens (tertiary/aromatic N) is 2. The van der Waals surface area contributed by atoms with Gasteiger partial charge in [0.05, 0.1) is 0 Å². The Morgan fingerprint density at radius 2 is 2.38 bits per heavy atom. The molecule has 1 saturated heterocycles. The lowest BCUT2D eigenvalue weighted by molar-refractivity contribution is 0.316. The van der Waals surface area contributed by atoms with Gasteiger partial charge in [0.1, 0.15) is 0 Å². The summed E-state index contributed by atoms with van der Waals surface area (Å²) in [5.74, 6) is 0. The van der Waals surface area contributed by atoms with Gasteiger partial charge in [-0.15, -0.1) is 0 Å². The van der Waals surface area contributed by atoms with E-state index >= 15 is 0 Å². The van der Waals surface area contributed by atoms with Crippen LogP contribution in [0.5, 0.6) is 0 Å². The van der Waals surface area contributed by atoms with E-state index in [2.05, 4.69) is 29.9 Å². The van der Waals surface area contributed by atoms with E-state index in [1.165, 1.54) is 30.5 Å². The zero-order valence-corrected chi connectivity index (χ0v) is 8.33. The van der Waals surface area contributed by atoms with Crippen molar-refractivity contribution in [2.45, 2.75) is 25.8 Å². The summed E-state index contributed by atoms with van der Waals surface area (Å²) in [4.78, 5) is 6.62. The van der Waals surface area contributed by atoms with Crippen LogP contribution in [0.15, 0.2) is 18.5 Å². The summed E-state index contributed by atoms with van der Waals surface area (Å²) in [6.45, 7) is 3.39. The van der Waals surface area contributed by atoms with Gasteiger partial charge in [0.2, 0.25) is 0 Å². The third-order valence-corrected chi connectivity index (χ3v) is 2.96. The summed E-state index contributed by atoms with van der Waals surface area (Å²) in [6, 6.07) is 2.70. The van der Waals surface area contributed by atoms with Gasteiger partial charge in [0.15, 0.2) is 0 Å². The van der Waals surface area contributed by atoms with E-state index in [0.717, 1.165) is 0 Å². The Morgan fingerprint density at radius 3 is 3.00 bits per heavy atom. The quantitative estimate of drug-likeness (QED) is 0.652. The maximum atomic E-state index is 4.20. The molecule has 1 aliphatic heterocycles. The maximum absolute atomic E-state index is 4.20. The molecule has 0 unspecified atom stereocenters. The smallest absolute Gasteiger partial charge is 0.0363 e. The summed E-state index contributed by atoms with van der Waals surface area (Å²) < 4.78 is 0. The van der Waals surface area contributed by atoms with Crippen LogP contribution in [0.3, 0.4) is 0 Å². The Kier molecular flexibility index (Phi) is 2.32. The number of pyridine rings is 1. The molecule has 2 rings (SSSR count). The van der Waals surface area contributed by atoms with Crippen LogP contribution in [0.25, 0.3) is 0 Å². The van der Waals surface area contributed by atoms with Crippen molar-refractivity contribution in [3.05, 3.63) is 29.6 Å². The van der Waals surface area contributed by atoms with Crippen molar-refractivity contribution in [3.63, 3.8) is 0 Å². The molecule has 1 fully saturated rings. The SMILES string of the molecule is Cc1ccncc1[C@@H]1CCCN1C. The fourth-order valence-corrected chi connectivity index (χ4v) is 2.13. The van der Waals surface area contributed by atoms with E-state index < -0.39 is 0 Å². The predicted octanol–water partition coefficient (Wildman–Crippen LogP) is 2.16. The summed E-state index contributed by atoms with van der Waals surface area (Å²) >= 11 is 0. The largest absolute Gasteiger partial charge is 0.299 e. The average Bonchev–Trinajstić information content (AvgIpc) is 2.52. The van der Waals surface area contributed by atoms with Gasteiger partial charge in [-0.05, 0) is 50.6 Å². The molecule has 1 atom stereocenters. The molecule has 0 aromatic carbocycles. The van der Waals surface area contributed by atoms with Gasteiger partial charge in [-0.2, -0.15) is 0 Å². The van der Waals surface area contributed by atoms with E-state index in [0.29, 0.717) is 6.04 Å². The monoisotopic (exact) mass is 176 g/mol. The number of hydrogen-bond donors (Lipinski definition) is 0. The van der Waals surface area contributed by atoms with Crippen molar-refractivity contribution in [1.82, 2.24) is 9.88 Å². The van der Waals surface area contributed by atoms with E-state index in [-0.39, 0.29) is 0 Å².